The molecule has 0 saturated carbocycles. The number of amides is 2. The second-order valence-electron chi connectivity index (χ2n) is 7.09. The van der Waals surface area contributed by atoms with Crippen LogP contribution in [0, 0.1) is 0 Å². The van der Waals surface area contributed by atoms with Crippen LogP contribution in [0.5, 0.6) is 5.75 Å². The smallest absolute Gasteiger partial charge is 0.252 e. The maximum absolute atomic E-state index is 12.8. The minimum atomic E-state index is -0.573. The van der Waals surface area contributed by atoms with Crippen molar-refractivity contribution in [3.8, 4) is 5.75 Å². The Morgan fingerprint density at radius 2 is 2.04 bits per heavy atom. The van der Waals surface area contributed by atoms with Gasteiger partial charge in [0.05, 0.1) is 18.7 Å². The van der Waals surface area contributed by atoms with Crippen molar-refractivity contribution < 1.29 is 14.3 Å². The lowest BCUT2D eigenvalue weighted by Crippen LogP contribution is -2.35. The summed E-state index contributed by atoms with van der Waals surface area (Å²) in [6, 6.07) is 12.8. The van der Waals surface area contributed by atoms with Gasteiger partial charge in [0.15, 0.2) is 0 Å². The summed E-state index contributed by atoms with van der Waals surface area (Å²) >= 11 is 0. The Bertz CT molecular complexity index is 914. The van der Waals surface area contributed by atoms with Crippen LogP contribution in [0.25, 0.3) is 0 Å². The van der Waals surface area contributed by atoms with Crippen LogP contribution in [0.3, 0.4) is 0 Å². The van der Waals surface area contributed by atoms with E-state index in [0.29, 0.717) is 11.4 Å². The first-order valence-electron chi connectivity index (χ1n) is 8.88. The Morgan fingerprint density at radius 3 is 2.81 bits per heavy atom. The Hall–Kier alpha value is -3.06. The predicted octanol–water partition coefficient (Wildman–Crippen LogP) is 1.46. The van der Waals surface area contributed by atoms with Crippen LogP contribution < -0.4 is 26.4 Å². The van der Waals surface area contributed by atoms with Crippen molar-refractivity contribution in [2.24, 2.45) is 5.73 Å². The molecule has 7 heteroatoms. The fourth-order valence-corrected chi connectivity index (χ4v) is 4.04. The second kappa shape index (κ2) is 6.59. The predicted molar refractivity (Wildman–Crippen MR) is 103 cm³/mol. The van der Waals surface area contributed by atoms with Crippen LogP contribution in [0.4, 0.5) is 11.4 Å². The number of nitrogens with one attached hydrogen (secondary N) is 3. The minimum Gasteiger partial charge on any atom is -0.496 e. The first-order chi connectivity index (χ1) is 13.0. The lowest BCUT2D eigenvalue weighted by molar-refractivity contribution is -0.117. The number of fused-ring (bicyclic) bond motifs is 2. The number of carbonyl (C=O) groups is 2. The number of para-hydroxylation sites is 1. The third-order valence-corrected chi connectivity index (χ3v) is 5.45. The van der Waals surface area contributed by atoms with Gasteiger partial charge in [0.25, 0.3) is 5.91 Å². The third kappa shape index (κ3) is 3.00. The number of hydrogen-bond acceptors (Lipinski definition) is 5. The van der Waals surface area contributed by atoms with E-state index >= 15 is 0 Å². The zero-order valence-corrected chi connectivity index (χ0v) is 15.0. The van der Waals surface area contributed by atoms with E-state index in [4.69, 9.17) is 10.5 Å². The zero-order valence-electron chi connectivity index (χ0n) is 15.0. The van der Waals surface area contributed by atoms with Crippen LogP contribution in [-0.4, -0.2) is 38.1 Å². The van der Waals surface area contributed by atoms with Gasteiger partial charge in [-0.25, -0.2) is 0 Å². The standard InChI is InChI=1S/C20H22N4O3/c1-27-17-8-12(6-7-13(17)18(21)25)24-19(26)16-9-20(11-23-16)10-22-15-5-3-2-4-14(15)20/h2-8,16,22-23H,9-11H2,1H3,(H2,21,25)(H,24,26). The summed E-state index contributed by atoms with van der Waals surface area (Å²) < 4.78 is 5.19. The normalized spacial score (nSPS) is 22.9. The number of methoxy groups -OCH3 is 1. The van der Waals surface area contributed by atoms with Gasteiger partial charge in [-0.05, 0) is 30.2 Å². The highest BCUT2D eigenvalue weighted by Gasteiger charge is 2.46. The largest absolute Gasteiger partial charge is 0.496 e. The molecule has 140 valence electrons. The second-order valence-corrected chi connectivity index (χ2v) is 7.09. The van der Waals surface area contributed by atoms with Crippen LogP contribution >= 0.6 is 0 Å². The van der Waals surface area contributed by atoms with Crippen molar-refractivity contribution in [3.05, 3.63) is 53.6 Å². The lowest BCUT2D eigenvalue weighted by Gasteiger charge is -2.22. The molecule has 4 rings (SSSR count). The van der Waals surface area contributed by atoms with Crippen molar-refractivity contribution in [1.29, 1.82) is 0 Å². The maximum Gasteiger partial charge on any atom is 0.252 e. The van der Waals surface area contributed by atoms with Crippen LogP contribution in [0.2, 0.25) is 0 Å². The summed E-state index contributed by atoms with van der Waals surface area (Å²) in [5.41, 5.74) is 8.51. The molecular formula is C20H22N4O3. The third-order valence-electron chi connectivity index (χ3n) is 5.45. The van der Waals surface area contributed by atoms with Gasteiger partial charge < -0.3 is 26.4 Å². The molecule has 2 unspecified atom stereocenters. The summed E-state index contributed by atoms with van der Waals surface area (Å²) in [5, 5.41) is 9.69. The topological polar surface area (TPSA) is 105 Å². The number of nitrogens with two attached hydrogens (primary N) is 1. The number of anilines is 2. The highest BCUT2D eigenvalue weighted by molar-refractivity contribution is 5.98. The van der Waals surface area contributed by atoms with E-state index in [-0.39, 0.29) is 22.9 Å². The highest BCUT2D eigenvalue weighted by atomic mass is 16.5. The average molecular weight is 366 g/mol. The zero-order chi connectivity index (χ0) is 19.0. The van der Waals surface area contributed by atoms with Gasteiger partial charge in [-0.1, -0.05) is 18.2 Å². The molecule has 1 spiro atoms. The first kappa shape index (κ1) is 17.4. The van der Waals surface area contributed by atoms with E-state index in [1.165, 1.54) is 12.7 Å². The van der Waals surface area contributed by atoms with E-state index in [2.05, 4.69) is 28.1 Å². The molecule has 0 bridgehead atoms. The Labute approximate surface area is 157 Å². The van der Waals surface area contributed by atoms with Gasteiger partial charge in [0.2, 0.25) is 5.91 Å². The maximum atomic E-state index is 12.8. The van der Waals surface area contributed by atoms with Gasteiger partial charge in [0, 0.05) is 35.9 Å². The quantitative estimate of drug-likeness (QED) is 0.656. The van der Waals surface area contributed by atoms with Gasteiger partial charge in [-0.15, -0.1) is 0 Å². The van der Waals surface area contributed by atoms with E-state index in [1.807, 2.05) is 12.1 Å². The molecule has 27 heavy (non-hydrogen) atoms. The minimum absolute atomic E-state index is 0.0634. The highest BCUT2D eigenvalue weighted by Crippen LogP contribution is 2.42. The van der Waals surface area contributed by atoms with E-state index in [9.17, 15) is 9.59 Å². The van der Waals surface area contributed by atoms with Crippen molar-refractivity contribution in [3.63, 3.8) is 0 Å². The van der Waals surface area contributed by atoms with E-state index in [1.54, 1.807) is 18.2 Å². The van der Waals surface area contributed by atoms with Crippen LogP contribution in [0.1, 0.15) is 22.3 Å². The molecule has 1 saturated heterocycles. The number of rotatable bonds is 4. The lowest BCUT2D eigenvalue weighted by atomic mass is 9.80. The van der Waals surface area contributed by atoms with Gasteiger partial charge in [-0.3, -0.25) is 9.59 Å². The molecule has 2 aliphatic heterocycles. The number of hydrogen-bond donors (Lipinski definition) is 4. The van der Waals surface area contributed by atoms with Crippen molar-refractivity contribution in [2.75, 3.05) is 30.8 Å². The van der Waals surface area contributed by atoms with E-state index < -0.39 is 5.91 Å². The van der Waals surface area contributed by atoms with Gasteiger partial charge in [-0.2, -0.15) is 0 Å². The van der Waals surface area contributed by atoms with Gasteiger partial charge in [0.1, 0.15) is 5.75 Å². The van der Waals surface area contributed by atoms with Crippen molar-refractivity contribution in [1.82, 2.24) is 5.32 Å². The fraction of sp³-hybridized carbons (Fsp3) is 0.300. The Morgan fingerprint density at radius 1 is 1.22 bits per heavy atom. The van der Waals surface area contributed by atoms with E-state index in [0.717, 1.165) is 25.2 Å². The fourth-order valence-electron chi connectivity index (χ4n) is 4.04. The molecule has 0 radical (unpaired) electrons. The summed E-state index contributed by atoms with van der Waals surface area (Å²) in [6.45, 7) is 1.57. The SMILES string of the molecule is COc1cc(NC(=O)C2CC3(CNc4ccccc43)CN2)ccc1C(N)=O. The summed E-state index contributed by atoms with van der Waals surface area (Å²) in [6.07, 6.45) is 0.722. The number of primary amides is 1. The summed E-state index contributed by atoms with van der Waals surface area (Å²) in [5.74, 6) is -0.341. The average Bonchev–Trinajstić information content (AvgIpc) is 3.27. The number of carbonyl (C=O) groups excluding carboxylic acids is 2. The van der Waals surface area contributed by atoms with Crippen molar-refractivity contribution >= 4 is 23.2 Å². The monoisotopic (exact) mass is 366 g/mol. The molecule has 2 atom stereocenters. The number of ether oxygens (including phenoxy) is 1. The summed E-state index contributed by atoms with van der Waals surface area (Å²) in [4.78, 5) is 24.2. The summed E-state index contributed by atoms with van der Waals surface area (Å²) in [7, 11) is 1.46. The first-order valence-corrected chi connectivity index (χ1v) is 8.88. The molecule has 1 fully saturated rings. The van der Waals surface area contributed by atoms with Crippen molar-refractivity contribution in [2.45, 2.75) is 17.9 Å². The molecule has 2 aromatic rings. The molecule has 5 N–H and O–H groups in total. The van der Waals surface area contributed by atoms with Gasteiger partial charge >= 0.3 is 0 Å². The molecule has 2 heterocycles. The molecule has 0 aliphatic carbocycles. The number of benzene rings is 2. The Balaban J connectivity index is 1.48. The molecule has 2 aliphatic rings. The van der Waals surface area contributed by atoms with Crippen LogP contribution in [0.15, 0.2) is 42.5 Å². The molecular weight excluding hydrogens is 344 g/mol. The Kier molecular flexibility index (Phi) is 4.24. The van der Waals surface area contributed by atoms with Crippen LogP contribution in [-0.2, 0) is 10.2 Å². The molecule has 0 aromatic heterocycles. The molecule has 2 aromatic carbocycles. The molecule has 7 nitrogen and oxygen atoms in total. The molecule has 2 amide bonds.